The Kier molecular flexibility index (Phi) is 7.52. The summed E-state index contributed by atoms with van der Waals surface area (Å²) < 4.78 is 2.09. The van der Waals surface area contributed by atoms with Crippen molar-refractivity contribution >= 4 is 45.9 Å². The molecule has 0 radical (unpaired) electrons. The van der Waals surface area contributed by atoms with Gasteiger partial charge in [-0.15, -0.1) is 33.3 Å². The number of anilines is 1. The van der Waals surface area contributed by atoms with Crippen molar-refractivity contribution in [3.05, 3.63) is 47.2 Å². The highest BCUT2D eigenvalue weighted by atomic mass is 32.2. The van der Waals surface area contributed by atoms with Gasteiger partial charge in [-0.1, -0.05) is 36.4 Å². The van der Waals surface area contributed by atoms with Crippen molar-refractivity contribution in [3.63, 3.8) is 0 Å². The second kappa shape index (κ2) is 10.1. The van der Waals surface area contributed by atoms with Crippen LogP contribution in [0.25, 0.3) is 0 Å². The predicted octanol–water partition coefficient (Wildman–Crippen LogP) is 4.86. The fourth-order valence-corrected chi connectivity index (χ4v) is 4.94. The molecule has 148 valence electrons. The largest absolute Gasteiger partial charge is 0.306 e. The lowest BCUT2D eigenvalue weighted by Gasteiger charge is -2.14. The van der Waals surface area contributed by atoms with Gasteiger partial charge in [0.2, 0.25) is 5.91 Å². The van der Waals surface area contributed by atoms with Crippen LogP contribution >= 0.6 is 34.9 Å². The average Bonchev–Trinajstić information content (AvgIpc) is 3.34. The first-order valence-electron chi connectivity index (χ1n) is 9.09. The maximum absolute atomic E-state index is 12.6. The van der Waals surface area contributed by atoms with Gasteiger partial charge in [0, 0.05) is 23.0 Å². The number of aryl methyl sites for hydroxylation is 1. The van der Waals surface area contributed by atoms with Crippen LogP contribution in [0.15, 0.2) is 45.9 Å². The van der Waals surface area contributed by atoms with E-state index in [-0.39, 0.29) is 11.2 Å². The maximum Gasteiger partial charge on any atom is 0.239 e. The molecule has 3 aromatic rings. The smallest absolute Gasteiger partial charge is 0.239 e. The predicted molar refractivity (Wildman–Crippen MR) is 117 cm³/mol. The van der Waals surface area contributed by atoms with Gasteiger partial charge in [-0.2, -0.15) is 0 Å². The minimum atomic E-state index is -0.240. The molecule has 3 rings (SSSR count). The van der Waals surface area contributed by atoms with E-state index in [1.54, 1.807) is 18.0 Å². The second-order valence-electron chi connectivity index (χ2n) is 6.09. The molecule has 6 nitrogen and oxygen atoms in total. The number of benzene rings is 1. The summed E-state index contributed by atoms with van der Waals surface area (Å²) in [6, 6.07) is 8.47. The third kappa shape index (κ3) is 5.36. The number of thiazole rings is 1. The molecular formula is C19H23N5OS3. The monoisotopic (exact) mass is 433 g/mol. The van der Waals surface area contributed by atoms with Gasteiger partial charge in [0.15, 0.2) is 10.3 Å². The van der Waals surface area contributed by atoms with Crippen LogP contribution < -0.4 is 5.32 Å². The molecule has 0 aliphatic carbocycles. The Morgan fingerprint density at radius 3 is 2.68 bits per heavy atom. The van der Waals surface area contributed by atoms with Crippen molar-refractivity contribution in [1.82, 2.24) is 19.7 Å². The molecule has 1 amide bonds. The quantitative estimate of drug-likeness (QED) is 0.486. The molecule has 0 saturated carbocycles. The van der Waals surface area contributed by atoms with Crippen LogP contribution in [0.3, 0.4) is 0 Å². The first-order chi connectivity index (χ1) is 13.6. The van der Waals surface area contributed by atoms with E-state index >= 15 is 0 Å². The lowest BCUT2D eigenvalue weighted by atomic mass is 10.2. The van der Waals surface area contributed by atoms with Crippen LogP contribution in [0.4, 0.5) is 5.13 Å². The highest BCUT2D eigenvalue weighted by Crippen LogP contribution is 2.28. The SMILES string of the molecule is CCC(Sc1nnc(CSc2ccc(C)cc2)n1CC)C(=O)Nc1nccs1. The molecule has 1 unspecified atom stereocenters. The van der Waals surface area contributed by atoms with E-state index in [0.29, 0.717) is 11.6 Å². The van der Waals surface area contributed by atoms with Crippen molar-refractivity contribution in [3.8, 4) is 0 Å². The van der Waals surface area contributed by atoms with Crippen molar-refractivity contribution in [1.29, 1.82) is 0 Å². The first-order valence-corrected chi connectivity index (χ1v) is 11.8. The zero-order chi connectivity index (χ0) is 19.9. The van der Waals surface area contributed by atoms with Gasteiger partial charge in [0.25, 0.3) is 0 Å². The van der Waals surface area contributed by atoms with E-state index < -0.39 is 0 Å². The van der Waals surface area contributed by atoms with Gasteiger partial charge in [-0.3, -0.25) is 4.79 Å². The highest BCUT2D eigenvalue weighted by Gasteiger charge is 2.23. The number of carbonyl (C=O) groups excluding carboxylic acids is 1. The van der Waals surface area contributed by atoms with Gasteiger partial charge in [-0.05, 0) is 32.4 Å². The fraction of sp³-hybridized carbons (Fsp3) is 0.368. The summed E-state index contributed by atoms with van der Waals surface area (Å²) in [5, 5.41) is 14.6. The average molecular weight is 434 g/mol. The topological polar surface area (TPSA) is 72.7 Å². The number of amides is 1. The second-order valence-corrected chi connectivity index (χ2v) is 9.20. The minimum Gasteiger partial charge on any atom is -0.306 e. The van der Waals surface area contributed by atoms with Crippen molar-refractivity contribution in [2.75, 3.05) is 5.32 Å². The Balaban J connectivity index is 1.66. The third-order valence-electron chi connectivity index (χ3n) is 4.07. The Bertz CT molecular complexity index is 893. The molecule has 0 aliphatic heterocycles. The van der Waals surface area contributed by atoms with Crippen LogP contribution in [0.1, 0.15) is 31.7 Å². The van der Waals surface area contributed by atoms with E-state index in [0.717, 1.165) is 23.3 Å². The van der Waals surface area contributed by atoms with E-state index in [1.807, 2.05) is 12.3 Å². The molecule has 0 saturated heterocycles. The summed E-state index contributed by atoms with van der Waals surface area (Å²) in [5.41, 5.74) is 1.25. The van der Waals surface area contributed by atoms with E-state index in [9.17, 15) is 4.79 Å². The minimum absolute atomic E-state index is 0.0521. The number of hydrogen-bond acceptors (Lipinski definition) is 7. The number of rotatable bonds is 9. The maximum atomic E-state index is 12.6. The summed E-state index contributed by atoms with van der Waals surface area (Å²) in [7, 11) is 0. The molecular weight excluding hydrogens is 410 g/mol. The molecule has 0 bridgehead atoms. The van der Waals surface area contributed by atoms with Gasteiger partial charge in [-0.25, -0.2) is 4.98 Å². The molecule has 28 heavy (non-hydrogen) atoms. The molecule has 2 heterocycles. The molecule has 1 aromatic carbocycles. The third-order valence-corrected chi connectivity index (χ3v) is 7.11. The summed E-state index contributed by atoms with van der Waals surface area (Å²) in [5.74, 6) is 1.61. The number of aromatic nitrogens is 4. The van der Waals surface area contributed by atoms with E-state index in [1.165, 1.54) is 33.6 Å². The van der Waals surface area contributed by atoms with Gasteiger partial charge < -0.3 is 9.88 Å². The molecule has 1 N–H and O–H groups in total. The van der Waals surface area contributed by atoms with E-state index in [2.05, 4.69) is 63.2 Å². The van der Waals surface area contributed by atoms with Crippen LogP contribution in [0.5, 0.6) is 0 Å². The summed E-state index contributed by atoms with van der Waals surface area (Å²) in [6.07, 6.45) is 2.38. The van der Waals surface area contributed by atoms with Crippen LogP contribution in [0.2, 0.25) is 0 Å². The lowest BCUT2D eigenvalue weighted by molar-refractivity contribution is -0.115. The zero-order valence-electron chi connectivity index (χ0n) is 16.1. The number of thioether (sulfide) groups is 2. The molecule has 1 atom stereocenters. The molecule has 2 aromatic heterocycles. The van der Waals surface area contributed by atoms with Gasteiger partial charge in [0.1, 0.15) is 5.82 Å². The van der Waals surface area contributed by atoms with Crippen molar-refractivity contribution in [2.45, 2.75) is 54.8 Å². The van der Waals surface area contributed by atoms with Gasteiger partial charge in [0.05, 0.1) is 11.0 Å². The number of nitrogens with one attached hydrogen (secondary N) is 1. The molecule has 0 aliphatic rings. The summed E-state index contributed by atoms with van der Waals surface area (Å²) in [6.45, 7) is 6.92. The Morgan fingerprint density at radius 1 is 1.25 bits per heavy atom. The number of hydrogen-bond donors (Lipinski definition) is 1. The Morgan fingerprint density at radius 2 is 2.04 bits per heavy atom. The highest BCUT2D eigenvalue weighted by molar-refractivity contribution is 8.00. The fourth-order valence-electron chi connectivity index (χ4n) is 2.53. The van der Waals surface area contributed by atoms with Gasteiger partial charge >= 0.3 is 0 Å². The Labute approximate surface area is 177 Å². The Hall–Kier alpha value is -1.84. The first kappa shape index (κ1) is 20.9. The standard InChI is InChI=1S/C19H23N5OS3/c1-4-15(17(25)21-18-20-10-11-26-18)28-19-23-22-16(24(19)5-2)12-27-14-8-6-13(3)7-9-14/h6-11,15H,4-5,12H2,1-3H3,(H,20,21,25). The normalized spacial score (nSPS) is 12.1. The summed E-state index contributed by atoms with van der Waals surface area (Å²) in [4.78, 5) is 17.9. The number of nitrogens with zero attached hydrogens (tertiary/aromatic N) is 4. The summed E-state index contributed by atoms with van der Waals surface area (Å²) >= 11 is 4.61. The van der Waals surface area contributed by atoms with E-state index in [4.69, 9.17) is 0 Å². The van der Waals surface area contributed by atoms with Crippen LogP contribution in [0, 0.1) is 6.92 Å². The van der Waals surface area contributed by atoms with Crippen LogP contribution in [-0.4, -0.2) is 30.9 Å². The number of carbonyl (C=O) groups is 1. The molecule has 0 fully saturated rings. The van der Waals surface area contributed by atoms with Crippen LogP contribution in [-0.2, 0) is 17.1 Å². The lowest BCUT2D eigenvalue weighted by Crippen LogP contribution is -2.25. The molecule has 0 spiro atoms. The molecule has 9 heteroatoms. The van der Waals surface area contributed by atoms with Crippen molar-refractivity contribution < 1.29 is 4.79 Å². The van der Waals surface area contributed by atoms with Crippen molar-refractivity contribution in [2.24, 2.45) is 0 Å². The zero-order valence-corrected chi connectivity index (χ0v) is 18.5.